The van der Waals surface area contributed by atoms with Crippen LogP contribution in [0.2, 0.25) is 0 Å². The summed E-state index contributed by atoms with van der Waals surface area (Å²) in [6, 6.07) is 9.88. The van der Waals surface area contributed by atoms with Crippen molar-refractivity contribution < 1.29 is 4.79 Å². The third-order valence-corrected chi connectivity index (χ3v) is 4.17. The van der Waals surface area contributed by atoms with Gasteiger partial charge in [0.05, 0.1) is 0 Å². The SMILES string of the molecule is NCCC1CN(C(=O)c2cc(Br)c[nH]2)c2ccccc21. The quantitative estimate of drug-likeness (QED) is 0.907. The lowest BCUT2D eigenvalue weighted by atomic mass is 9.98. The Morgan fingerprint density at radius 2 is 2.25 bits per heavy atom. The number of rotatable bonds is 3. The summed E-state index contributed by atoms with van der Waals surface area (Å²) in [6.45, 7) is 1.33. The Kier molecular flexibility index (Phi) is 3.63. The molecule has 20 heavy (non-hydrogen) atoms. The van der Waals surface area contributed by atoms with Crippen LogP contribution in [0.4, 0.5) is 5.69 Å². The number of H-pyrrole nitrogens is 1. The molecule has 5 heteroatoms. The minimum Gasteiger partial charge on any atom is -0.356 e. The minimum atomic E-state index is 0.00247. The zero-order valence-corrected chi connectivity index (χ0v) is 12.6. The molecule has 0 bridgehead atoms. The molecule has 1 amide bonds. The standard InChI is InChI=1S/C15H16BrN3O/c16-11-7-13(18-8-11)15(20)19-9-10(5-6-17)12-3-1-2-4-14(12)19/h1-4,7-8,10,18H,5-6,9,17H2. The van der Waals surface area contributed by atoms with Crippen molar-refractivity contribution in [2.45, 2.75) is 12.3 Å². The summed E-state index contributed by atoms with van der Waals surface area (Å²) in [5, 5.41) is 0. The Hall–Kier alpha value is -1.59. The molecule has 1 atom stereocenters. The zero-order valence-electron chi connectivity index (χ0n) is 11.0. The van der Waals surface area contributed by atoms with Crippen LogP contribution in [0.5, 0.6) is 0 Å². The number of hydrogen-bond donors (Lipinski definition) is 2. The molecule has 0 aliphatic carbocycles. The fourth-order valence-corrected chi connectivity index (χ4v) is 3.12. The summed E-state index contributed by atoms with van der Waals surface area (Å²) in [5.41, 5.74) is 8.50. The molecule has 0 spiro atoms. The smallest absolute Gasteiger partial charge is 0.274 e. The van der Waals surface area contributed by atoms with Crippen LogP contribution in [0.15, 0.2) is 41.0 Å². The number of aromatic amines is 1. The van der Waals surface area contributed by atoms with Crippen LogP contribution >= 0.6 is 15.9 Å². The monoisotopic (exact) mass is 333 g/mol. The number of carbonyl (C=O) groups excluding carboxylic acids is 1. The molecule has 0 saturated heterocycles. The Morgan fingerprint density at radius 3 is 2.95 bits per heavy atom. The average Bonchev–Trinajstić information content (AvgIpc) is 3.04. The molecule has 0 saturated carbocycles. The van der Waals surface area contributed by atoms with E-state index >= 15 is 0 Å². The van der Waals surface area contributed by atoms with E-state index in [2.05, 4.69) is 27.0 Å². The summed E-state index contributed by atoms with van der Waals surface area (Å²) < 4.78 is 0.881. The highest BCUT2D eigenvalue weighted by atomic mass is 79.9. The van der Waals surface area contributed by atoms with E-state index in [0.29, 0.717) is 24.7 Å². The maximum Gasteiger partial charge on any atom is 0.274 e. The largest absolute Gasteiger partial charge is 0.356 e. The molecule has 104 valence electrons. The third-order valence-electron chi connectivity index (χ3n) is 3.71. The lowest BCUT2D eigenvalue weighted by Crippen LogP contribution is -2.30. The number of aromatic nitrogens is 1. The molecule has 2 aromatic rings. The van der Waals surface area contributed by atoms with Gasteiger partial charge in [0, 0.05) is 28.8 Å². The highest BCUT2D eigenvalue weighted by molar-refractivity contribution is 9.10. The molecule has 3 N–H and O–H groups in total. The van der Waals surface area contributed by atoms with Crippen molar-refractivity contribution in [3.63, 3.8) is 0 Å². The van der Waals surface area contributed by atoms with Crippen LogP contribution < -0.4 is 10.6 Å². The van der Waals surface area contributed by atoms with Gasteiger partial charge in [-0.15, -0.1) is 0 Å². The van der Waals surface area contributed by atoms with Crippen molar-refractivity contribution in [1.82, 2.24) is 4.98 Å². The van der Waals surface area contributed by atoms with Crippen molar-refractivity contribution in [3.05, 3.63) is 52.3 Å². The van der Waals surface area contributed by atoms with Crippen molar-refractivity contribution in [3.8, 4) is 0 Å². The Balaban J connectivity index is 1.93. The molecule has 0 fully saturated rings. The number of nitrogens with two attached hydrogens (primary N) is 1. The minimum absolute atomic E-state index is 0.00247. The van der Waals surface area contributed by atoms with E-state index in [-0.39, 0.29) is 5.91 Å². The van der Waals surface area contributed by atoms with Gasteiger partial charge in [0.2, 0.25) is 0 Å². The fraction of sp³-hybridized carbons (Fsp3) is 0.267. The molecular weight excluding hydrogens is 318 g/mol. The van der Waals surface area contributed by atoms with Gasteiger partial charge in [-0.3, -0.25) is 4.79 Å². The highest BCUT2D eigenvalue weighted by Crippen LogP contribution is 2.38. The topological polar surface area (TPSA) is 62.1 Å². The van der Waals surface area contributed by atoms with Gasteiger partial charge in [0.25, 0.3) is 5.91 Å². The third kappa shape index (κ3) is 2.27. The molecule has 1 unspecified atom stereocenters. The fourth-order valence-electron chi connectivity index (χ4n) is 2.77. The van der Waals surface area contributed by atoms with E-state index in [1.54, 1.807) is 12.3 Å². The second-order valence-electron chi connectivity index (χ2n) is 4.98. The first kappa shape index (κ1) is 13.4. The summed E-state index contributed by atoms with van der Waals surface area (Å²) in [7, 11) is 0. The summed E-state index contributed by atoms with van der Waals surface area (Å²) in [5.74, 6) is 0.334. The molecule has 0 radical (unpaired) electrons. The van der Waals surface area contributed by atoms with Gasteiger partial charge in [-0.2, -0.15) is 0 Å². The second-order valence-corrected chi connectivity index (χ2v) is 5.90. The van der Waals surface area contributed by atoms with E-state index in [0.717, 1.165) is 16.6 Å². The number of benzene rings is 1. The number of nitrogens with zero attached hydrogens (tertiary/aromatic N) is 1. The Morgan fingerprint density at radius 1 is 1.45 bits per heavy atom. The van der Waals surface area contributed by atoms with E-state index in [1.807, 2.05) is 23.1 Å². The van der Waals surface area contributed by atoms with Crippen LogP contribution in [0.1, 0.15) is 28.4 Å². The van der Waals surface area contributed by atoms with Crippen LogP contribution in [0, 0.1) is 0 Å². The van der Waals surface area contributed by atoms with Gasteiger partial charge in [-0.25, -0.2) is 0 Å². The molecule has 1 aromatic heterocycles. The second kappa shape index (κ2) is 5.42. The highest BCUT2D eigenvalue weighted by Gasteiger charge is 2.32. The number of carbonyl (C=O) groups is 1. The van der Waals surface area contributed by atoms with E-state index in [4.69, 9.17) is 5.73 Å². The molecule has 3 rings (SSSR count). The van der Waals surface area contributed by atoms with Gasteiger partial charge in [0.15, 0.2) is 0 Å². The Labute approximate surface area is 126 Å². The summed E-state index contributed by atoms with van der Waals surface area (Å²) in [4.78, 5) is 17.5. The number of para-hydroxylation sites is 1. The average molecular weight is 334 g/mol. The molecular formula is C15H16BrN3O. The number of amides is 1. The first-order valence-electron chi connectivity index (χ1n) is 6.65. The summed E-state index contributed by atoms with van der Waals surface area (Å²) in [6.07, 6.45) is 2.67. The zero-order chi connectivity index (χ0) is 14.1. The van der Waals surface area contributed by atoms with Crippen LogP contribution in [-0.2, 0) is 0 Å². The maximum absolute atomic E-state index is 12.6. The number of hydrogen-bond acceptors (Lipinski definition) is 2. The number of nitrogens with one attached hydrogen (secondary N) is 1. The van der Waals surface area contributed by atoms with Gasteiger partial charge in [-0.05, 0) is 46.6 Å². The molecule has 1 aliphatic rings. The van der Waals surface area contributed by atoms with Crippen molar-refractivity contribution in [1.29, 1.82) is 0 Å². The molecule has 4 nitrogen and oxygen atoms in total. The normalized spacial score (nSPS) is 17.3. The summed E-state index contributed by atoms with van der Waals surface area (Å²) >= 11 is 3.36. The predicted molar refractivity (Wildman–Crippen MR) is 83.0 cm³/mol. The lowest BCUT2D eigenvalue weighted by Gasteiger charge is -2.17. The van der Waals surface area contributed by atoms with E-state index < -0.39 is 0 Å². The van der Waals surface area contributed by atoms with Crippen molar-refractivity contribution >= 4 is 27.5 Å². The number of anilines is 1. The van der Waals surface area contributed by atoms with E-state index in [1.165, 1.54) is 5.56 Å². The number of halogens is 1. The van der Waals surface area contributed by atoms with Crippen LogP contribution in [-0.4, -0.2) is 24.0 Å². The molecule has 2 heterocycles. The van der Waals surface area contributed by atoms with Gasteiger partial charge < -0.3 is 15.6 Å². The predicted octanol–water partition coefficient (Wildman–Crippen LogP) is 2.87. The lowest BCUT2D eigenvalue weighted by molar-refractivity contribution is 0.0984. The first-order chi connectivity index (χ1) is 9.70. The molecule has 1 aromatic carbocycles. The van der Waals surface area contributed by atoms with Crippen LogP contribution in [0.25, 0.3) is 0 Å². The van der Waals surface area contributed by atoms with Gasteiger partial charge in [-0.1, -0.05) is 18.2 Å². The van der Waals surface area contributed by atoms with Gasteiger partial charge >= 0.3 is 0 Å². The van der Waals surface area contributed by atoms with Crippen molar-refractivity contribution in [2.75, 3.05) is 18.0 Å². The van der Waals surface area contributed by atoms with Crippen molar-refractivity contribution in [2.24, 2.45) is 5.73 Å². The van der Waals surface area contributed by atoms with E-state index in [9.17, 15) is 4.79 Å². The maximum atomic E-state index is 12.6. The van der Waals surface area contributed by atoms with Crippen LogP contribution in [0.3, 0.4) is 0 Å². The van der Waals surface area contributed by atoms with Gasteiger partial charge in [0.1, 0.15) is 5.69 Å². The molecule has 1 aliphatic heterocycles. The number of fused-ring (bicyclic) bond motifs is 1. The first-order valence-corrected chi connectivity index (χ1v) is 7.45. The Bertz CT molecular complexity index is 638.